The molecule has 1 aromatic rings. The molecule has 0 aliphatic carbocycles. The predicted molar refractivity (Wildman–Crippen MR) is 85.2 cm³/mol. The largest absolute Gasteiger partial charge is 0.381 e. The first-order valence-electron chi connectivity index (χ1n) is 7.39. The van der Waals surface area contributed by atoms with E-state index in [0.29, 0.717) is 24.6 Å². The molecule has 21 heavy (non-hydrogen) atoms. The van der Waals surface area contributed by atoms with Gasteiger partial charge in [0, 0.05) is 24.6 Å². The van der Waals surface area contributed by atoms with Crippen LogP contribution in [0.2, 0.25) is 0 Å². The van der Waals surface area contributed by atoms with Crippen LogP contribution in [0.3, 0.4) is 0 Å². The summed E-state index contributed by atoms with van der Waals surface area (Å²) < 4.78 is 33.3. The number of nitrogens with one attached hydrogen (secondary N) is 2. The number of ether oxygens (including phenoxy) is 1. The van der Waals surface area contributed by atoms with Crippen molar-refractivity contribution >= 4 is 21.4 Å². The molecule has 2 N–H and O–H groups in total. The minimum atomic E-state index is -3.44. The molecule has 7 heteroatoms. The summed E-state index contributed by atoms with van der Waals surface area (Å²) in [6.07, 6.45) is 2.03. The average Bonchev–Trinajstić information content (AvgIpc) is 2.86. The zero-order valence-corrected chi connectivity index (χ0v) is 14.3. The topological polar surface area (TPSA) is 67.4 Å². The predicted octanol–water partition coefficient (Wildman–Crippen LogP) is 1.87. The lowest BCUT2D eigenvalue weighted by Gasteiger charge is -2.22. The van der Waals surface area contributed by atoms with Gasteiger partial charge in [-0.15, -0.1) is 11.3 Å². The minimum absolute atomic E-state index is 0.282. The summed E-state index contributed by atoms with van der Waals surface area (Å²) in [5, 5.41) is 5.10. The van der Waals surface area contributed by atoms with Crippen LogP contribution < -0.4 is 10.0 Å². The lowest BCUT2D eigenvalue weighted by molar-refractivity contribution is 0.0568. The van der Waals surface area contributed by atoms with Crippen LogP contribution in [0.25, 0.3) is 0 Å². The Labute approximate surface area is 131 Å². The van der Waals surface area contributed by atoms with E-state index in [1.54, 1.807) is 0 Å². The highest BCUT2D eigenvalue weighted by molar-refractivity contribution is 7.89. The van der Waals surface area contributed by atoms with Gasteiger partial charge in [0.05, 0.1) is 6.61 Å². The molecule has 5 nitrogen and oxygen atoms in total. The zero-order valence-electron chi connectivity index (χ0n) is 12.6. The maximum atomic E-state index is 12.6. The fourth-order valence-corrected chi connectivity index (χ4v) is 5.37. The second-order valence-electron chi connectivity index (χ2n) is 5.39. The maximum Gasteiger partial charge on any atom is 0.241 e. The van der Waals surface area contributed by atoms with Gasteiger partial charge in [0.25, 0.3) is 0 Å². The maximum absolute atomic E-state index is 12.6. The van der Waals surface area contributed by atoms with Gasteiger partial charge in [0.15, 0.2) is 0 Å². The first-order chi connectivity index (χ1) is 10.0. The summed E-state index contributed by atoms with van der Waals surface area (Å²) in [6.45, 7) is 7.18. The lowest BCUT2D eigenvalue weighted by atomic mass is 10.0. The molecule has 0 bridgehead atoms. The van der Waals surface area contributed by atoms with E-state index in [-0.39, 0.29) is 5.92 Å². The van der Waals surface area contributed by atoms with E-state index < -0.39 is 10.0 Å². The molecule has 1 atom stereocenters. The highest BCUT2D eigenvalue weighted by Gasteiger charge is 2.24. The average molecular weight is 332 g/mol. The Kier molecular flexibility index (Phi) is 6.19. The molecule has 0 aromatic carbocycles. The van der Waals surface area contributed by atoms with Gasteiger partial charge >= 0.3 is 0 Å². The van der Waals surface area contributed by atoms with E-state index in [1.807, 2.05) is 19.2 Å². The van der Waals surface area contributed by atoms with Gasteiger partial charge in [0.2, 0.25) is 10.0 Å². The third-order valence-electron chi connectivity index (χ3n) is 3.61. The smallest absolute Gasteiger partial charge is 0.241 e. The molecule has 1 fully saturated rings. The number of hydrogen-bond acceptors (Lipinski definition) is 5. The van der Waals surface area contributed by atoms with Crippen LogP contribution in [0, 0.1) is 12.8 Å². The van der Waals surface area contributed by atoms with E-state index in [1.165, 1.54) is 11.3 Å². The third-order valence-corrected chi connectivity index (χ3v) is 6.50. The monoisotopic (exact) mass is 332 g/mol. The highest BCUT2D eigenvalue weighted by Crippen LogP contribution is 2.27. The normalized spacial score (nSPS) is 19.8. The van der Waals surface area contributed by atoms with Gasteiger partial charge in [-0.2, -0.15) is 0 Å². The zero-order chi connectivity index (χ0) is 15.3. The Morgan fingerprint density at radius 1 is 1.48 bits per heavy atom. The summed E-state index contributed by atoms with van der Waals surface area (Å²) in [5.74, 6) is 0.282. The van der Waals surface area contributed by atoms with E-state index in [9.17, 15) is 8.42 Å². The molecule has 1 aliphatic rings. The van der Waals surface area contributed by atoms with Crippen LogP contribution in [-0.2, 0) is 21.3 Å². The molecular formula is C14H24N2O3S2. The van der Waals surface area contributed by atoms with Gasteiger partial charge < -0.3 is 10.1 Å². The Hall–Kier alpha value is -0.470. The molecule has 2 rings (SSSR count). The van der Waals surface area contributed by atoms with Crippen molar-refractivity contribution in [1.82, 2.24) is 10.0 Å². The van der Waals surface area contributed by atoms with E-state index in [2.05, 4.69) is 10.0 Å². The number of thiophene rings is 1. The number of aryl methyl sites for hydroxylation is 1. The highest BCUT2D eigenvalue weighted by atomic mass is 32.2. The Morgan fingerprint density at radius 3 is 2.95 bits per heavy atom. The fourth-order valence-electron chi connectivity index (χ4n) is 2.48. The molecule has 1 saturated heterocycles. The molecule has 1 unspecified atom stereocenters. The van der Waals surface area contributed by atoms with Crippen molar-refractivity contribution in [3.63, 3.8) is 0 Å². The van der Waals surface area contributed by atoms with Crippen molar-refractivity contribution < 1.29 is 13.2 Å². The Bertz CT molecular complexity index is 549. The fraction of sp³-hybridized carbons (Fsp3) is 0.714. The van der Waals surface area contributed by atoms with Crippen LogP contribution in [-0.4, -0.2) is 34.7 Å². The second-order valence-corrected chi connectivity index (χ2v) is 8.05. The van der Waals surface area contributed by atoms with Crippen molar-refractivity contribution in [2.45, 2.75) is 38.1 Å². The van der Waals surface area contributed by atoms with Crippen molar-refractivity contribution in [2.24, 2.45) is 5.92 Å². The quantitative estimate of drug-likeness (QED) is 0.800. The molecule has 1 aliphatic heterocycles. The van der Waals surface area contributed by atoms with E-state index in [4.69, 9.17) is 4.74 Å². The molecule has 0 spiro atoms. The minimum Gasteiger partial charge on any atom is -0.381 e. The standard InChI is InChI=1S/C14H24N2O3S2/c1-3-15-8-13-14(11(2)10-20-13)21(17,18)16-7-12-5-4-6-19-9-12/h10,12,15-16H,3-9H2,1-2H3. The SMILES string of the molecule is CCNCc1scc(C)c1S(=O)(=O)NCC1CCCOC1. The Balaban J connectivity index is 2.05. The van der Waals surface area contributed by atoms with Crippen molar-refractivity contribution in [1.29, 1.82) is 0 Å². The molecule has 0 saturated carbocycles. The van der Waals surface area contributed by atoms with Gasteiger partial charge in [-0.25, -0.2) is 13.1 Å². The molecule has 120 valence electrons. The lowest BCUT2D eigenvalue weighted by Crippen LogP contribution is -2.33. The van der Waals surface area contributed by atoms with Crippen molar-refractivity contribution in [2.75, 3.05) is 26.3 Å². The van der Waals surface area contributed by atoms with E-state index >= 15 is 0 Å². The summed E-state index contributed by atoms with van der Waals surface area (Å²) in [7, 11) is -3.44. The molecule has 0 radical (unpaired) electrons. The molecule has 2 heterocycles. The van der Waals surface area contributed by atoms with Crippen molar-refractivity contribution in [3.05, 3.63) is 15.8 Å². The van der Waals surface area contributed by atoms with Crippen LogP contribution in [0.5, 0.6) is 0 Å². The third kappa shape index (κ3) is 4.50. The van der Waals surface area contributed by atoms with Crippen LogP contribution in [0.4, 0.5) is 0 Å². The second kappa shape index (κ2) is 7.69. The first-order valence-corrected chi connectivity index (χ1v) is 9.76. The van der Waals surface area contributed by atoms with Gasteiger partial charge in [-0.3, -0.25) is 0 Å². The summed E-state index contributed by atoms with van der Waals surface area (Å²) in [4.78, 5) is 1.33. The van der Waals surface area contributed by atoms with Crippen LogP contribution in [0.1, 0.15) is 30.2 Å². The number of sulfonamides is 1. The van der Waals surface area contributed by atoms with Crippen molar-refractivity contribution in [3.8, 4) is 0 Å². The van der Waals surface area contributed by atoms with Crippen LogP contribution >= 0.6 is 11.3 Å². The Morgan fingerprint density at radius 2 is 2.29 bits per heavy atom. The van der Waals surface area contributed by atoms with Gasteiger partial charge in [-0.05, 0) is 43.2 Å². The van der Waals surface area contributed by atoms with Crippen LogP contribution in [0.15, 0.2) is 10.3 Å². The summed E-state index contributed by atoms with van der Waals surface area (Å²) >= 11 is 1.50. The summed E-state index contributed by atoms with van der Waals surface area (Å²) in [6, 6.07) is 0. The molecule has 1 aromatic heterocycles. The van der Waals surface area contributed by atoms with Gasteiger partial charge in [0.1, 0.15) is 4.90 Å². The van der Waals surface area contributed by atoms with E-state index in [0.717, 1.165) is 36.4 Å². The summed E-state index contributed by atoms with van der Waals surface area (Å²) in [5.41, 5.74) is 0.820. The first kappa shape index (κ1) is 16.9. The number of hydrogen-bond donors (Lipinski definition) is 2. The van der Waals surface area contributed by atoms with Gasteiger partial charge in [-0.1, -0.05) is 6.92 Å². The molecular weight excluding hydrogens is 308 g/mol. The molecule has 0 amide bonds. The number of rotatable bonds is 7.